The molecule has 0 heterocycles. The fourth-order valence-corrected chi connectivity index (χ4v) is 3.28. The molecular formula is C28H31N3O6. The zero-order valence-electron chi connectivity index (χ0n) is 21.4. The summed E-state index contributed by atoms with van der Waals surface area (Å²) in [4.78, 5) is 24.8. The van der Waals surface area contributed by atoms with Crippen LogP contribution in [0.25, 0.3) is 0 Å². The van der Waals surface area contributed by atoms with Gasteiger partial charge in [-0.15, -0.1) is 0 Å². The van der Waals surface area contributed by atoms with Gasteiger partial charge in [-0.25, -0.2) is 5.43 Å². The summed E-state index contributed by atoms with van der Waals surface area (Å²) in [5.74, 6) is 1.21. The van der Waals surface area contributed by atoms with Crippen molar-refractivity contribution >= 4 is 23.7 Å². The molecule has 2 amide bonds. The van der Waals surface area contributed by atoms with Gasteiger partial charge < -0.3 is 24.3 Å². The van der Waals surface area contributed by atoms with Crippen LogP contribution in [0.4, 0.5) is 5.69 Å². The molecule has 0 saturated carbocycles. The average molecular weight is 506 g/mol. The molecule has 0 spiro atoms. The number of aryl methyl sites for hydroxylation is 1. The van der Waals surface area contributed by atoms with Crippen LogP contribution in [0.1, 0.15) is 35.3 Å². The smallest absolute Gasteiger partial charge is 0.271 e. The van der Waals surface area contributed by atoms with E-state index in [-0.39, 0.29) is 12.5 Å². The third kappa shape index (κ3) is 7.99. The Hall–Kier alpha value is -4.53. The van der Waals surface area contributed by atoms with Crippen molar-refractivity contribution < 1.29 is 28.5 Å². The number of methoxy groups -OCH3 is 1. The number of nitrogens with zero attached hydrogens (tertiary/aromatic N) is 1. The topological polar surface area (TPSA) is 107 Å². The van der Waals surface area contributed by atoms with Crippen LogP contribution < -0.4 is 29.7 Å². The highest BCUT2D eigenvalue weighted by atomic mass is 16.5. The molecule has 0 radical (unpaired) electrons. The molecule has 0 aliphatic rings. The van der Waals surface area contributed by atoms with Crippen LogP contribution in [-0.2, 0) is 4.79 Å². The first-order valence-corrected chi connectivity index (χ1v) is 11.8. The number of anilines is 1. The average Bonchev–Trinajstić information content (AvgIpc) is 2.90. The Morgan fingerprint density at radius 1 is 0.838 bits per heavy atom. The summed E-state index contributed by atoms with van der Waals surface area (Å²) in [7, 11) is 1.51. The molecule has 0 atom stereocenters. The lowest BCUT2D eigenvalue weighted by atomic mass is 10.2. The van der Waals surface area contributed by atoms with Crippen molar-refractivity contribution in [2.45, 2.75) is 20.8 Å². The first-order chi connectivity index (χ1) is 17.9. The van der Waals surface area contributed by atoms with Gasteiger partial charge in [-0.3, -0.25) is 9.59 Å². The number of ether oxygens (including phenoxy) is 4. The standard InChI is InChI=1S/C28H31N3O6/c1-5-35-23-14-10-21(16-25(23)34-4)28(33)31-29-17-20-9-13-24(26(15-20)36-6-2)37-18-27(32)30-22-11-7-19(3)8-12-22/h7-17H,5-6,18H2,1-4H3,(H,30,32)(H,31,33)/b29-17+. The molecule has 9 nitrogen and oxygen atoms in total. The van der Waals surface area contributed by atoms with Crippen molar-refractivity contribution in [1.29, 1.82) is 0 Å². The predicted molar refractivity (Wildman–Crippen MR) is 142 cm³/mol. The number of rotatable bonds is 12. The van der Waals surface area contributed by atoms with E-state index in [1.54, 1.807) is 36.4 Å². The number of benzene rings is 3. The van der Waals surface area contributed by atoms with E-state index in [4.69, 9.17) is 18.9 Å². The number of amides is 2. The Kier molecular flexibility index (Phi) is 9.90. The van der Waals surface area contributed by atoms with Crippen molar-refractivity contribution in [2.75, 3.05) is 32.2 Å². The Labute approximate surface area is 216 Å². The second-order valence-electron chi connectivity index (χ2n) is 7.84. The van der Waals surface area contributed by atoms with Gasteiger partial charge in [0, 0.05) is 11.3 Å². The quantitative estimate of drug-likeness (QED) is 0.276. The van der Waals surface area contributed by atoms with Crippen molar-refractivity contribution in [1.82, 2.24) is 5.43 Å². The Bertz CT molecular complexity index is 1240. The van der Waals surface area contributed by atoms with E-state index in [0.717, 1.165) is 5.56 Å². The molecule has 194 valence electrons. The maximum atomic E-state index is 12.5. The molecule has 0 aliphatic heterocycles. The van der Waals surface area contributed by atoms with Crippen LogP contribution in [0.5, 0.6) is 23.0 Å². The molecule has 3 aromatic carbocycles. The van der Waals surface area contributed by atoms with Crippen LogP contribution in [0.2, 0.25) is 0 Å². The number of carbonyl (C=O) groups excluding carboxylic acids is 2. The molecule has 3 rings (SSSR count). The summed E-state index contributed by atoms with van der Waals surface area (Å²) >= 11 is 0. The van der Waals surface area contributed by atoms with Crippen molar-refractivity contribution in [2.24, 2.45) is 5.10 Å². The fourth-order valence-electron chi connectivity index (χ4n) is 3.28. The van der Waals surface area contributed by atoms with Crippen LogP contribution in [0.3, 0.4) is 0 Å². The molecule has 37 heavy (non-hydrogen) atoms. The Balaban J connectivity index is 1.60. The summed E-state index contributed by atoms with van der Waals surface area (Å²) in [5.41, 5.74) is 5.34. The Morgan fingerprint density at radius 3 is 2.22 bits per heavy atom. The van der Waals surface area contributed by atoms with Crippen molar-refractivity contribution in [3.8, 4) is 23.0 Å². The minimum absolute atomic E-state index is 0.178. The van der Waals surface area contributed by atoms with Gasteiger partial charge in [-0.05, 0) is 74.9 Å². The van der Waals surface area contributed by atoms with Crippen LogP contribution in [-0.4, -0.2) is 45.0 Å². The van der Waals surface area contributed by atoms with E-state index in [2.05, 4.69) is 15.8 Å². The van der Waals surface area contributed by atoms with Crippen molar-refractivity contribution in [3.63, 3.8) is 0 Å². The van der Waals surface area contributed by atoms with E-state index in [0.29, 0.717) is 53.0 Å². The number of nitrogens with one attached hydrogen (secondary N) is 2. The lowest BCUT2D eigenvalue weighted by Crippen LogP contribution is -2.20. The zero-order valence-corrected chi connectivity index (χ0v) is 21.4. The molecule has 0 aromatic heterocycles. The number of hydrazone groups is 1. The van der Waals surface area contributed by atoms with Gasteiger partial charge in [-0.2, -0.15) is 5.10 Å². The lowest BCUT2D eigenvalue weighted by Gasteiger charge is -2.13. The monoisotopic (exact) mass is 505 g/mol. The predicted octanol–water partition coefficient (Wildman–Crippen LogP) is 4.58. The molecule has 0 saturated heterocycles. The van der Waals surface area contributed by atoms with E-state index < -0.39 is 5.91 Å². The normalized spacial score (nSPS) is 10.6. The minimum Gasteiger partial charge on any atom is -0.493 e. The van der Waals surface area contributed by atoms with Crippen LogP contribution in [0, 0.1) is 6.92 Å². The van der Waals surface area contributed by atoms with Crippen LogP contribution >= 0.6 is 0 Å². The molecule has 0 aliphatic carbocycles. The number of carbonyl (C=O) groups is 2. The van der Waals surface area contributed by atoms with E-state index in [9.17, 15) is 9.59 Å². The Morgan fingerprint density at radius 2 is 1.51 bits per heavy atom. The first kappa shape index (κ1) is 27.1. The summed E-state index contributed by atoms with van der Waals surface area (Å²) in [5, 5.41) is 6.82. The van der Waals surface area contributed by atoms with Gasteiger partial charge in [0.2, 0.25) is 0 Å². The number of hydrogen-bond donors (Lipinski definition) is 2. The van der Waals surface area contributed by atoms with Crippen LogP contribution in [0.15, 0.2) is 65.8 Å². The SMILES string of the molecule is CCOc1ccc(C(=O)N/N=C/c2ccc(OCC(=O)Nc3ccc(C)cc3)c(OCC)c2)cc1OC. The lowest BCUT2D eigenvalue weighted by molar-refractivity contribution is -0.118. The highest BCUT2D eigenvalue weighted by Gasteiger charge is 2.12. The molecule has 9 heteroatoms. The molecule has 0 bridgehead atoms. The van der Waals surface area contributed by atoms with Gasteiger partial charge in [0.05, 0.1) is 26.5 Å². The molecular weight excluding hydrogens is 474 g/mol. The third-order valence-electron chi connectivity index (χ3n) is 5.07. The first-order valence-electron chi connectivity index (χ1n) is 11.8. The zero-order chi connectivity index (χ0) is 26.6. The molecule has 0 unspecified atom stereocenters. The van der Waals surface area contributed by atoms with E-state index >= 15 is 0 Å². The number of hydrogen-bond acceptors (Lipinski definition) is 7. The maximum absolute atomic E-state index is 12.5. The van der Waals surface area contributed by atoms with Crippen molar-refractivity contribution in [3.05, 3.63) is 77.4 Å². The summed E-state index contributed by atoms with van der Waals surface area (Å²) in [6.45, 7) is 6.41. The van der Waals surface area contributed by atoms with Gasteiger partial charge in [0.25, 0.3) is 11.8 Å². The second-order valence-corrected chi connectivity index (χ2v) is 7.84. The van der Waals surface area contributed by atoms with Gasteiger partial charge in [0.15, 0.2) is 29.6 Å². The van der Waals surface area contributed by atoms with Gasteiger partial charge >= 0.3 is 0 Å². The highest BCUT2D eigenvalue weighted by molar-refractivity contribution is 5.95. The molecule has 0 fully saturated rings. The highest BCUT2D eigenvalue weighted by Crippen LogP contribution is 2.29. The largest absolute Gasteiger partial charge is 0.493 e. The van der Waals surface area contributed by atoms with Gasteiger partial charge in [-0.1, -0.05) is 17.7 Å². The summed E-state index contributed by atoms with van der Waals surface area (Å²) in [6.07, 6.45) is 1.49. The fraction of sp³-hybridized carbons (Fsp3) is 0.250. The third-order valence-corrected chi connectivity index (χ3v) is 5.07. The molecule has 2 N–H and O–H groups in total. The maximum Gasteiger partial charge on any atom is 0.271 e. The second kappa shape index (κ2) is 13.5. The summed E-state index contributed by atoms with van der Waals surface area (Å²) in [6, 6.07) is 17.5. The van der Waals surface area contributed by atoms with E-state index in [1.165, 1.54) is 13.3 Å². The minimum atomic E-state index is -0.401. The van der Waals surface area contributed by atoms with Gasteiger partial charge in [0.1, 0.15) is 0 Å². The summed E-state index contributed by atoms with van der Waals surface area (Å²) < 4.78 is 22.1. The van der Waals surface area contributed by atoms with E-state index in [1.807, 2.05) is 45.0 Å². The molecule has 3 aromatic rings.